The molecule has 2 atom stereocenters. The van der Waals surface area contributed by atoms with Crippen molar-refractivity contribution >= 4 is 17.4 Å². The van der Waals surface area contributed by atoms with Crippen LogP contribution in [0.2, 0.25) is 0 Å². The maximum atomic E-state index is 11.7. The lowest BCUT2D eigenvalue weighted by Crippen LogP contribution is -2.49. The maximum Gasteiger partial charge on any atom is 0.329 e. The van der Waals surface area contributed by atoms with Gasteiger partial charge in [-0.15, -0.1) is 0 Å². The number of nitrogens with zero attached hydrogens (tertiary/aromatic N) is 3. The van der Waals surface area contributed by atoms with Crippen LogP contribution in [0.25, 0.3) is 5.65 Å². The van der Waals surface area contributed by atoms with Crippen LogP contribution in [0.5, 0.6) is 0 Å². The molecule has 6 nitrogen and oxygen atoms in total. The Labute approximate surface area is 116 Å². The molecule has 0 radical (unpaired) electrons. The van der Waals surface area contributed by atoms with E-state index in [2.05, 4.69) is 22.3 Å². The first-order valence-corrected chi connectivity index (χ1v) is 6.91. The summed E-state index contributed by atoms with van der Waals surface area (Å²) in [7, 11) is 0. The van der Waals surface area contributed by atoms with Crippen molar-refractivity contribution < 1.29 is 9.90 Å². The number of hydrogen-bond acceptors (Lipinski definition) is 4. The number of fused-ring (bicyclic) bond motifs is 1. The number of carboxylic acids is 1. The summed E-state index contributed by atoms with van der Waals surface area (Å²) in [5.41, 5.74) is -0.192. The number of carbonyl (C=O) groups is 1. The molecule has 0 bridgehead atoms. The molecule has 6 heteroatoms. The smallest absolute Gasteiger partial charge is 0.329 e. The van der Waals surface area contributed by atoms with Gasteiger partial charge in [-0.25, -0.2) is 14.3 Å². The monoisotopic (exact) mass is 274 g/mol. The molecule has 0 aliphatic heterocycles. The highest BCUT2D eigenvalue weighted by molar-refractivity contribution is 5.82. The number of rotatable bonds is 3. The first-order chi connectivity index (χ1) is 9.59. The van der Waals surface area contributed by atoms with Crippen LogP contribution in [0, 0.1) is 5.92 Å². The number of anilines is 1. The van der Waals surface area contributed by atoms with E-state index >= 15 is 0 Å². The Bertz CT molecular complexity index is 639. The first-order valence-electron chi connectivity index (χ1n) is 6.91. The fraction of sp³-hybridized carbons (Fsp3) is 0.500. The molecule has 3 rings (SSSR count). The molecular weight excluding hydrogens is 256 g/mol. The highest BCUT2D eigenvalue weighted by Gasteiger charge is 2.42. The number of aliphatic carboxylic acids is 1. The third-order valence-electron chi connectivity index (χ3n) is 4.03. The molecule has 0 amide bonds. The zero-order valence-corrected chi connectivity index (χ0v) is 11.4. The van der Waals surface area contributed by atoms with E-state index in [1.807, 2.05) is 0 Å². The van der Waals surface area contributed by atoms with Crippen LogP contribution in [0.3, 0.4) is 0 Å². The van der Waals surface area contributed by atoms with Crippen molar-refractivity contribution in [2.24, 2.45) is 5.92 Å². The summed E-state index contributed by atoms with van der Waals surface area (Å²) in [6, 6.07) is 3.56. The molecule has 2 aromatic rings. The summed E-state index contributed by atoms with van der Waals surface area (Å²) >= 11 is 0. The quantitative estimate of drug-likeness (QED) is 0.896. The second-order valence-corrected chi connectivity index (χ2v) is 5.66. The van der Waals surface area contributed by atoms with E-state index in [9.17, 15) is 9.90 Å². The summed E-state index contributed by atoms with van der Waals surface area (Å²) in [4.78, 5) is 16.1. The van der Waals surface area contributed by atoms with Crippen LogP contribution in [-0.4, -0.2) is 31.2 Å². The van der Waals surface area contributed by atoms with Gasteiger partial charge >= 0.3 is 5.97 Å². The van der Waals surface area contributed by atoms with Crippen molar-refractivity contribution in [1.29, 1.82) is 0 Å². The molecule has 1 saturated carbocycles. The predicted molar refractivity (Wildman–Crippen MR) is 74.6 cm³/mol. The van der Waals surface area contributed by atoms with E-state index in [-0.39, 0.29) is 0 Å². The number of hydrogen-bond donors (Lipinski definition) is 2. The van der Waals surface area contributed by atoms with Crippen molar-refractivity contribution in [2.45, 2.75) is 38.1 Å². The van der Waals surface area contributed by atoms with Gasteiger partial charge in [0, 0.05) is 12.3 Å². The summed E-state index contributed by atoms with van der Waals surface area (Å²) in [6.07, 6.45) is 6.74. The molecule has 106 valence electrons. The van der Waals surface area contributed by atoms with Crippen LogP contribution in [0.15, 0.2) is 24.5 Å². The van der Waals surface area contributed by atoms with Crippen LogP contribution in [0.1, 0.15) is 32.6 Å². The van der Waals surface area contributed by atoms with Gasteiger partial charge in [0.15, 0.2) is 5.65 Å². The summed E-state index contributed by atoms with van der Waals surface area (Å²) in [5.74, 6) is 0.208. The van der Waals surface area contributed by atoms with Gasteiger partial charge in [0.1, 0.15) is 11.4 Å². The van der Waals surface area contributed by atoms with E-state index in [0.717, 1.165) is 12.8 Å². The fourth-order valence-electron chi connectivity index (χ4n) is 3.04. The van der Waals surface area contributed by atoms with E-state index in [1.165, 1.54) is 0 Å². The normalized spacial score (nSPS) is 26.6. The van der Waals surface area contributed by atoms with Gasteiger partial charge in [-0.1, -0.05) is 19.8 Å². The molecule has 0 saturated heterocycles. The second kappa shape index (κ2) is 4.77. The molecule has 0 aromatic carbocycles. The highest BCUT2D eigenvalue weighted by atomic mass is 16.4. The van der Waals surface area contributed by atoms with Gasteiger partial charge in [0.05, 0.1) is 6.20 Å². The molecule has 1 aliphatic carbocycles. The summed E-state index contributed by atoms with van der Waals surface area (Å²) < 4.78 is 1.65. The van der Waals surface area contributed by atoms with Crippen LogP contribution in [0.4, 0.5) is 5.82 Å². The number of nitrogens with one attached hydrogen (secondary N) is 1. The summed E-state index contributed by atoms with van der Waals surface area (Å²) in [5, 5.41) is 16.9. The van der Waals surface area contributed by atoms with Crippen LogP contribution < -0.4 is 5.32 Å². The standard InChI is InChI=1S/C14H18N4O2/c1-10-3-2-6-14(9-10,13(19)20)17-11-5-8-18-12(16-11)4-7-15-18/h4-5,7-8,10H,2-3,6,9H2,1H3,(H,16,17)(H,19,20). The van der Waals surface area contributed by atoms with Gasteiger partial charge in [-0.3, -0.25) is 0 Å². The Kier molecular flexibility index (Phi) is 3.08. The highest BCUT2D eigenvalue weighted by Crippen LogP contribution is 2.35. The molecule has 0 spiro atoms. The predicted octanol–water partition coefficient (Wildman–Crippen LogP) is 2.17. The SMILES string of the molecule is CC1CCCC(Nc2ccn3nccc3n2)(C(=O)O)C1. The lowest BCUT2D eigenvalue weighted by molar-refractivity contribution is -0.144. The number of aromatic nitrogens is 3. The van der Waals surface area contributed by atoms with Crippen molar-refractivity contribution in [1.82, 2.24) is 14.6 Å². The minimum Gasteiger partial charge on any atom is -0.480 e. The molecule has 1 fully saturated rings. The van der Waals surface area contributed by atoms with Gasteiger partial charge in [0.2, 0.25) is 0 Å². The zero-order valence-electron chi connectivity index (χ0n) is 11.4. The zero-order chi connectivity index (χ0) is 14.2. The molecule has 2 heterocycles. The van der Waals surface area contributed by atoms with Gasteiger partial charge in [-0.05, 0) is 24.8 Å². The third kappa shape index (κ3) is 2.21. The lowest BCUT2D eigenvalue weighted by atomic mass is 9.76. The van der Waals surface area contributed by atoms with E-state index in [0.29, 0.717) is 30.2 Å². The van der Waals surface area contributed by atoms with Gasteiger partial charge < -0.3 is 10.4 Å². The van der Waals surface area contributed by atoms with E-state index in [1.54, 1.807) is 29.0 Å². The molecule has 1 aliphatic rings. The van der Waals surface area contributed by atoms with Gasteiger partial charge in [-0.2, -0.15) is 5.10 Å². The Balaban J connectivity index is 1.90. The molecule has 2 N–H and O–H groups in total. The Morgan fingerprint density at radius 2 is 2.40 bits per heavy atom. The largest absolute Gasteiger partial charge is 0.480 e. The Hall–Kier alpha value is -2.11. The lowest BCUT2D eigenvalue weighted by Gasteiger charge is -2.37. The van der Waals surface area contributed by atoms with Crippen LogP contribution >= 0.6 is 0 Å². The Morgan fingerprint density at radius 3 is 3.15 bits per heavy atom. The van der Waals surface area contributed by atoms with Gasteiger partial charge in [0.25, 0.3) is 0 Å². The summed E-state index contributed by atoms with van der Waals surface area (Å²) in [6.45, 7) is 2.10. The average Bonchev–Trinajstić information content (AvgIpc) is 2.86. The third-order valence-corrected chi connectivity index (χ3v) is 4.03. The molecule has 2 aromatic heterocycles. The second-order valence-electron chi connectivity index (χ2n) is 5.66. The maximum absolute atomic E-state index is 11.7. The average molecular weight is 274 g/mol. The van der Waals surface area contributed by atoms with E-state index < -0.39 is 11.5 Å². The fourth-order valence-corrected chi connectivity index (χ4v) is 3.04. The van der Waals surface area contributed by atoms with Crippen molar-refractivity contribution in [3.63, 3.8) is 0 Å². The first kappa shape index (κ1) is 12.9. The van der Waals surface area contributed by atoms with Crippen molar-refractivity contribution in [3.8, 4) is 0 Å². The number of carboxylic acid groups (broad SMARTS) is 1. The van der Waals surface area contributed by atoms with Crippen molar-refractivity contribution in [2.75, 3.05) is 5.32 Å². The topological polar surface area (TPSA) is 79.5 Å². The van der Waals surface area contributed by atoms with Crippen molar-refractivity contribution in [3.05, 3.63) is 24.5 Å². The Morgan fingerprint density at radius 1 is 1.55 bits per heavy atom. The molecule has 2 unspecified atom stereocenters. The van der Waals surface area contributed by atoms with Crippen LogP contribution in [-0.2, 0) is 4.79 Å². The van der Waals surface area contributed by atoms with E-state index in [4.69, 9.17) is 0 Å². The molecule has 20 heavy (non-hydrogen) atoms. The minimum absolute atomic E-state index is 0.408. The molecular formula is C14H18N4O2. The minimum atomic E-state index is -0.900.